The smallest absolute Gasteiger partial charge is 0.243 e. The van der Waals surface area contributed by atoms with E-state index in [1.54, 1.807) is 18.2 Å². The predicted octanol–water partition coefficient (Wildman–Crippen LogP) is 2.01. The topological polar surface area (TPSA) is 96.5 Å². The number of ether oxygens (including phenoxy) is 1. The molecule has 1 saturated carbocycles. The van der Waals surface area contributed by atoms with Crippen molar-refractivity contribution in [3.63, 3.8) is 0 Å². The zero-order chi connectivity index (χ0) is 22.4. The number of benzene rings is 1. The molecule has 1 fully saturated rings. The fraction of sp³-hybridized carbons (Fsp3) is 0.480. The highest BCUT2D eigenvalue weighted by atomic mass is 16.5. The second-order valence-corrected chi connectivity index (χ2v) is 8.70. The minimum absolute atomic E-state index is 0.122. The molecular weight excluding hydrogens is 406 g/mol. The standard InChI is InChI=1S/C25H31N3O4/c29-19-8-10-25-11-9-24(31)27-14-2-1-12-26-13-3-15-28-23(30)7-5-18-4-6-21(20(25)16-18)32-22(25)17-19/h4-7,9,11,16,22,26H,1-3,8,10,12-15,17H2,(H,27,31)(H,28,30)/b7-5-,11-9+/t22-,25+/m1/s1. The number of hydrogen-bond donors (Lipinski definition) is 3. The highest BCUT2D eigenvalue weighted by Gasteiger charge is 2.50. The summed E-state index contributed by atoms with van der Waals surface area (Å²) < 4.78 is 6.16. The number of fused-ring (bicyclic) bond motifs is 1. The van der Waals surface area contributed by atoms with Gasteiger partial charge < -0.3 is 20.7 Å². The molecule has 3 N–H and O–H groups in total. The van der Waals surface area contributed by atoms with E-state index in [-0.39, 0.29) is 23.7 Å². The molecule has 1 aromatic carbocycles. The summed E-state index contributed by atoms with van der Waals surface area (Å²) in [5.74, 6) is 0.677. The number of ketones is 1. The molecule has 0 radical (unpaired) electrons. The summed E-state index contributed by atoms with van der Waals surface area (Å²) in [7, 11) is 0. The molecule has 7 heteroatoms. The van der Waals surface area contributed by atoms with Crippen molar-refractivity contribution < 1.29 is 19.1 Å². The molecule has 0 aromatic heterocycles. The largest absolute Gasteiger partial charge is 0.488 e. The zero-order valence-electron chi connectivity index (χ0n) is 18.3. The molecule has 32 heavy (non-hydrogen) atoms. The van der Waals surface area contributed by atoms with Crippen molar-refractivity contribution in [2.24, 2.45) is 0 Å². The van der Waals surface area contributed by atoms with E-state index in [0.29, 0.717) is 32.4 Å². The van der Waals surface area contributed by atoms with Crippen molar-refractivity contribution in [1.82, 2.24) is 16.0 Å². The molecule has 0 unspecified atom stereocenters. The second-order valence-electron chi connectivity index (χ2n) is 8.70. The highest BCUT2D eigenvalue weighted by molar-refractivity contribution is 5.92. The number of carbonyl (C=O) groups is 3. The van der Waals surface area contributed by atoms with E-state index in [9.17, 15) is 14.4 Å². The quantitative estimate of drug-likeness (QED) is 0.577. The Labute approximate surface area is 188 Å². The number of hydrogen-bond acceptors (Lipinski definition) is 5. The van der Waals surface area contributed by atoms with E-state index in [1.807, 2.05) is 24.3 Å². The lowest BCUT2D eigenvalue weighted by atomic mass is 9.68. The first-order valence-corrected chi connectivity index (χ1v) is 11.5. The molecular formula is C25H31N3O4. The van der Waals surface area contributed by atoms with Crippen LogP contribution >= 0.6 is 0 Å². The number of Topliss-reactive ketones (excluding diaryl/α,β-unsaturated/α-hetero) is 1. The molecule has 4 rings (SSSR count). The summed E-state index contributed by atoms with van der Waals surface area (Å²) in [6.45, 7) is 2.97. The first-order chi connectivity index (χ1) is 15.6. The molecule has 1 aromatic rings. The minimum atomic E-state index is -0.516. The SMILES string of the molecule is O=C1CC[C@]23/C=C/C(=O)NCCCCNCCCNC(=O)/C=C\c4ccc(c2c4)O[C@@H]3C1. The number of amides is 2. The van der Waals surface area contributed by atoms with Gasteiger partial charge in [-0.3, -0.25) is 14.4 Å². The van der Waals surface area contributed by atoms with E-state index in [2.05, 4.69) is 16.0 Å². The first kappa shape index (κ1) is 22.3. The maximum atomic E-state index is 12.5. The molecule has 3 aliphatic rings. The highest BCUT2D eigenvalue weighted by Crippen LogP contribution is 2.51. The monoisotopic (exact) mass is 437 g/mol. The molecule has 2 amide bonds. The van der Waals surface area contributed by atoms with Crippen LogP contribution in [-0.4, -0.2) is 49.9 Å². The third kappa shape index (κ3) is 5.10. The summed E-state index contributed by atoms with van der Waals surface area (Å²) in [4.78, 5) is 36.8. The van der Waals surface area contributed by atoms with Gasteiger partial charge in [-0.05, 0) is 68.6 Å². The normalized spacial score (nSPS) is 29.1. The zero-order valence-corrected chi connectivity index (χ0v) is 18.3. The van der Waals surface area contributed by atoms with Gasteiger partial charge in [0.15, 0.2) is 0 Å². The Kier molecular flexibility index (Phi) is 7.05. The Balaban J connectivity index is 1.62. The number of rotatable bonds is 0. The Hall–Kier alpha value is -2.93. The van der Waals surface area contributed by atoms with Crippen molar-refractivity contribution in [1.29, 1.82) is 0 Å². The molecule has 2 aliphatic heterocycles. The van der Waals surface area contributed by atoms with Crippen LogP contribution in [0.5, 0.6) is 5.75 Å². The van der Waals surface area contributed by atoms with Gasteiger partial charge in [-0.25, -0.2) is 0 Å². The van der Waals surface area contributed by atoms with Crippen LogP contribution in [0.15, 0.2) is 36.4 Å². The summed E-state index contributed by atoms with van der Waals surface area (Å²) >= 11 is 0. The van der Waals surface area contributed by atoms with E-state index in [1.165, 1.54) is 0 Å². The van der Waals surface area contributed by atoms with Gasteiger partial charge in [-0.15, -0.1) is 0 Å². The van der Waals surface area contributed by atoms with E-state index in [4.69, 9.17) is 4.74 Å². The van der Waals surface area contributed by atoms with Gasteiger partial charge in [0.1, 0.15) is 17.6 Å². The first-order valence-electron chi connectivity index (χ1n) is 11.5. The van der Waals surface area contributed by atoms with Crippen molar-refractivity contribution in [3.05, 3.63) is 47.6 Å². The predicted molar refractivity (Wildman–Crippen MR) is 122 cm³/mol. The minimum Gasteiger partial charge on any atom is -0.488 e. The van der Waals surface area contributed by atoms with E-state index < -0.39 is 5.41 Å². The van der Waals surface area contributed by atoms with Crippen molar-refractivity contribution >= 4 is 23.7 Å². The van der Waals surface area contributed by atoms with Gasteiger partial charge in [-0.2, -0.15) is 0 Å². The maximum Gasteiger partial charge on any atom is 0.243 e. The third-order valence-corrected chi connectivity index (χ3v) is 6.45. The van der Waals surface area contributed by atoms with Crippen LogP contribution < -0.4 is 20.7 Å². The van der Waals surface area contributed by atoms with Gasteiger partial charge in [0, 0.05) is 37.6 Å². The molecule has 2 atom stereocenters. The van der Waals surface area contributed by atoms with Crippen molar-refractivity contribution in [3.8, 4) is 5.75 Å². The molecule has 7 nitrogen and oxygen atoms in total. The molecule has 2 heterocycles. The second kappa shape index (κ2) is 10.1. The van der Waals surface area contributed by atoms with Gasteiger partial charge in [0.05, 0.1) is 5.41 Å². The van der Waals surface area contributed by atoms with Gasteiger partial charge in [-0.1, -0.05) is 12.1 Å². The Morgan fingerprint density at radius 2 is 1.62 bits per heavy atom. The fourth-order valence-electron chi connectivity index (χ4n) is 4.66. The van der Waals surface area contributed by atoms with Gasteiger partial charge in [0.25, 0.3) is 0 Å². The molecule has 2 bridgehead atoms. The maximum absolute atomic E-state index is 12.5. The number of nitrogens with one attached hydrogen (secondary N) is 3. The molecule has 170 valence electrons. The summed E-state index contributed by atoms with van der Waals surface area (Å²) in [6, 6.07) is 5.81. The Morgan fingerprint density at radius 1 is 0.875 bits per heavy atom. The average Bonchev–Trinajstić information content (AvgIpc) is 3.10. The lowest BCUT2D eigenvalue weighted by Gasteiger charge is -2.35. The van der Waals surface area contributed by atoms with Gasteiger partial charge in [0.2, 0.25) is 11.8 Å². The van der Waals surface area contributed by atoms with Crippen LogP contribution in [0, 0.1) is 0 Å². The van der Waals surface area contributed by atoms with Crippen LogP contribution in [0.2, 0.25) is 0 Å². The van der Waals surface area contributed by atoms with Crippen LogP contribution in [-0.2, 0) is 19.8 Å². The van der Waals surface area contributed by atoms with Crippen LogP contribution in [0.3, 0.4) is 0 Å². The lowest BCUT2D eigenvalue weighted by molar-refractivity contribution is -0.123. The Bertz CT molecular complexity index is 939. The third-order valence-electron chi connectivity index (χ3n) is 6.45. The van der Waals surface area contributed by atoms with E-state index in [0.717, 1.165) is 49.2 Å². The summed E-state index contributed by atoms with van der Waals surface area (Å²) in [5, 5.41) is 9.23. The van der Waals surface area contributed by atoms with Crippen LogP contribution in [0.4, 0.5) is 0 Å². The van der Waals surface area contributed by atoms with Gasteiger partial charge >= 0.3 is 0 Å². The lowest BCUT2D eigenvalue weighted by Crippen LogP contribution is -2.42. The Morgan fingerprint density at radius 3 is 2.50 bits per heavy atom. The number of carbonyl (C=O) groups excluding carboxylic acids is 3. The molecule has 1 spiro atoms. The summed E-state index contributed by atoms with van der Waals surface area (Å²) in [6.07, 6.45) is 10.7. The van der Waals surface area contributed by atoms with E-state index >= 15 is 0 Å². The van der Waals surface area contributed by atoms with Crippen LogP contribution in [0.25, 0.3) is 6.08 Å². The van der Waals surface area contributed by atoms with Crippen LogP contribution in [0.1, 0.15) is 49.7 Å². The van der Waals surface area contributed by atoms with Crippen molar-refractivity contribution in [2.75, 3.05) is 26.2 Å². The van der Waals surface area contributed by atoms with Crippen molar-refractivity contribution in [2.45, 2.75) is 50.0 Å². The fourth-order valence-corrected chi connectivity index (χ4v) is 4.66. The molecule has 1 aliphatic carbocycles. The summed E-state index contributed by atoms with van der Waals surface area (Å²) in [5.41, 5.74) is 1.34. The average molecular weight is 438 g/mol. The molecule has 0 saturated heterocycles.